The van der Waals surface area contributed by atoms with Gasteiger partial charge in [-0.15, -0.1) is 0 Å². The van der Waals surface area contributed by atoms with Gasteiger partial charge in [0.05, 0.1) is 23.5 Å². The predicted molar refractivity (Wildman–Crippen MR) is 55.1 cm³/mol. The molecule has 0 bridgehead atoms. The quantitative estimate of drug-likeness (QED) is 0.699. The number of nitrogens with two attached hydrogens (primary N) is 1. The first-order valence-electron chi connectivity index (χ1n) is 4.23. The predicted octanol–water partition coefficient (Wildman–Crippen LogP) is 1.21. The Balaban J connectivity index is 2.58. The van der Waals surface area contributed by atoms with Crippen LogP contribution in [0.4, 0.5) is 0 Å². The second-order valence-corrected chi connectivity index (χ2v) is 3.45. The molecule has 2 rings (SSSR count). The fourth-order valence-electron chi connectivity index (χ4n) is 1.36. The summed E-state index contributed by atoms with van der Waals surface area (Å²) in [5.74, 6) is 0. The van der Waals surface area contributed by atoms with Crippen molar-refractivity contribution in [3.05, 3.63) is 29.0 Å². The minimum atomic E-state index is -0.727. The van der Waals surface area contributed by atoms with Crippen LogP contribution in [0.2, 0.25) is 5.02 Å². The van der Waals surface area contributed by atoms with Crippen molar-refractivity contribution in [2.75, 3.05) is 6.54 Å². The van der Waals surface area contributed by atoms with Crippen LogP contribution >= 0.6 is 11.6 Å². The summed E-state index contributed by atoms with van der Waals surface area (Å²) in [6.45, 7) is 0.152. The molecule has 4 N–H and O–H groups in total. The molecule has 0 saturated heterocycles. The van der Waals surface area contributed by atoms with Crippen LogP contribution in [0.1, 0.15) is 11.7 Å². The first-order chi connectivity index (χ1) is 6.72. The van der Waals surface area contributed by atoms with Gasteiger partial charge in [-0.25, -0.2) is 4.98 Å². The highest BCUT2D eigenvalue weighted by Gasteiger charge is 2.11. The summed E-state index contributed by atoms with van der Waals surface area (Å²) in [5.41, 5.74) is 7.61. The first kappa shape index (κ1) is 9.45. The van der Waals surface area contributed by atoms with Crippen molar-refractivity contribution in [1.29, 1.82) is 0 Å². The molecule has 1 aromatic carbocycles. The van der Waals surface area contributed by atoms with Gasteiger partial charge in [-0.1, -0.05) is 11.6 Å². The highest BCUT2D eigenvalue weighted by atomic mass is 35.5. The van der Waals surface area contributed by atoms with E-state index in [2.05, 4.69) is 9.97 Å². The normalized spacial score (nSPS) is 13.4. The van der Waals surface area contributed by atoms with Crippen LogP contribution in [0.25, 0.3) is 11.0 Å². The topological polar surface area (TPSA) is 74.9 Å². The number of aliphatic hydroxyl groups is 1. The molecular weight excluding hydrogens is 202 g/mol. The fraction of sp³-hybridized carbons (Fsp3) is 0.222. The number of hydrogen-bond donors (Lipinski definition) is 3. The number of nitrogens with one attached hydrogen (secondary N) is 1. The average molecular weight is 212 g/mol. The van der Waals surface area contributed by atoms with Crippen LogP contribution in [0.5, 0.6) is 0 Å². The molecule has 1 atom stereocenters. The van der Waals surface area contributed by atoms with E-state index in [9.17, 15) is 5.11 Å². The molecule has 1 aromatic heterocycles. The van der Waals surface area contributed by atoms with Crippen LogP contribution in [-0.2, 0) is 0 Å². The van der Waals surface area contributed by atoms with Crippen LogP contribution in [-0.4, -0.2) is 21.6 Å². The molecule has 0 aliphatic heterocycles. The Morgan fingerprint density at radius 2 is 2.36 bits per heavy atom. The molecule has 4 nitrogen and oxygen atoms in total. The van der Waals surface area contributed by atoms with Crippen molar-refractivity contribution in [1.82, 2.24) is 9.97 Å². The van der Waals surface area contributed by atoms with Crippen LogP contribution < -0.4 is 5.73 Å². The number of rotatable bonds is 2. The zero-order valence-corrected chi connectivity index (χ0v) is 8.12. The van der Waals surface area contributed by atoms with Crippen molar-refractivity contribution in [3.63, 3.8) is 0 Å². The zero-order chi connectivity index (χ0) is 10.1. The SMILES string of the molecule is NCC(O)c1cc2[nH]cnc2cc1Cl. The van der Waals surface area contributed by atoms with Gasteiger partial charge in [-0.05, 0) is 12.1 Å². The Bertz CT molecular complexity index is 454. The van der Waals surface area contributed by atoms with E-state index in [-0.39, 0.29) is 6.54 Å². The molecule has 0 amide bonds. The summed E-state index contributed by atoms with van der Waals surface area (Å²) in [6.07, 6.45) is 0.856. The largest absolute Gasteiger partial charge is 0.387 e. The third-order valence-electron chi connectivity index (χ3n) is 2.12. The molecule has 1 heterocycles. The number of halogens is 1. The Morgan fingerprint density at radius 3 is 3.07 bits per heavy atom. The molecule has 5 heteroatoms. The summed E-state index contributed by atoms with van der Waals surface area (Å²) in [7, 11) is 0. The highest BCUT2D eigenvalue weighted by molar-refractivity contribution is 6.32. The molecule has 0 saturated carbocycles. The summed E-state index contributed by atoms with van der Waals surface area (Å²) >= 11 is 5.96. The van der Waals surface area contributed by atoms with Gasteiger partial charge >= 0.3 is 0 Å². The van der Waals surface area contributed by atoms with Crippen molar-refractivity contribution >= 4 is 22.6 Å². The maximum absolute atomic E-state index is 9.56. The van der Waals surface area contributed by atoms with Crippen molar-refractivity contribution in [2.45, 2.75) is 6.10 Å². The lowest BCUT2D eigenvalue weighted by Gasteiger charge is -2.09. The minimum absolute atomic E-state index is 0.152. The van der Waals surface area contributed by atoms with Crippen LogP contribution in [0.15, 0.2) is 18.5 Å². The van der Waals surface area contributed by atoms with Gasteiger partial charge in [0.1, 0.15) is 0 Å². The standard InChI is InChI=1S/C9H10ClN3O/c10-6-2-8-7(12-4-13-8)1-5(6)9(14)3-11/h1-2,4,9,14H,3,11H2,(H,12,13). The van der Waals surface area contributed by atoms with Gasteiger partial charge in [0.25, 0.3) is 0 Å². The fourth-order valence-corrected chi connectivity index (χ4v) is 1.64. The molecule has 1 unspecified atom stereocenters. The number of hydrogen-bond acceptors (Lipinski definition) is 3. The Kier molecular flexibility index (Phi) is 2.41. The molecule has 0 radical (unpaired) electrons. The molecule has 0 spiro atoms. The number of aliphatic hydroxyl groups excluding tert-OH is 1. The third kappa shape index (κ3) is 1.48. The van der Waals surface area contributed by atoms with Gasteiger partial charge < -0.3 is 15.8 Å². The van der Waals surface area contributed by atoms with E-state index in [4.69, 9.17) is 17.3 Å². The number of benzene rings is 1. The van der Waals surface area contributed by atoms with E-state index in [1.165, 1.54) is 0 Å². The summed E-state index contributed by atoms with van der Waals surface area (Å²) in [6, 6.07) is 3.48. The number of nitrogens with zero attached hydrogens (tertiary/aromatic N) is 1. The molecule has 0 aliphatic rings. The van der Waals surface area contributed by atoms with E-state index >= 15 is 0 Å². The van der Waals surface area contributed by atoms with Gasteiger partial charge in [-0.3, -0.25) is 0 Å². The lowest BCUT2D eigenvalue weighted by molar-refractivity contribution is 0.187. The maximum Gasteiger partial charge on any atom is 0.0931 e. The Morgan fingerprint density at radius 1 is 1.57 bits per heavy atom. The van der Waals surface area contributed by atoms with E-state index < -0.39 is 6.10 Å². The zero-order valence-electron chi connectivity index (χ0n) is 7.37. The van der Waals surface area contributed by atoms with Crippen molar-refractivity contribution < 1.29 is 5.11 Å². The van der Waals surface area contributed by atoms with Crippen molar-refractivity contribution in [2.24, 2.45) is 5.73 Å². The maximum atomic E-state index is 9.56. The van der Waals surface area contributed by atoms with Crippen LogP contribution in [0.3, 0.4) is 0 Å². The summed E-state index contributed by atoms with van der Waals surface area (Å²) in [4.78, 5) is 7.00. The minimum Gasteiger partial charge on any atom is -0.387 e. The van der Waals surface area contributed by atoms with E-state index in [0.717, 1.165) is 11.0 Å². The number of imidazole rings is 1. The number of aromatic amines is 1. The highest BCUT2D eigenvalue weighted by Crippen LogP contribution is 2.26. The lowest BCUT2D eigenvalue weighted by Crippen LogP contribution is -2.11. The van der Waals surface area contributed by atoms with Gasteiger partial charge in [0.2, 0.25) is 0 Å². The summed E-state index contributed by atoms with van der Waals surface area (Å²) in [5, 5.41) is 10.1. The lowest BCUT2D eigenvalue weighted by atomic mass is 10.1. The average Bonchev–Trinajstić information content (AvgIpc) is 2.62. The van der Waals surface area contributed by atoms with E-state index in [1.807, 2.05) is 0 Å². The Labute approximate surface area is 85.7 Å². The van der Waals surface area contributed by atoms with Crippen LogP contribution in [0, 0.1) is 0 Å². The number of H-pyrrole nitrogens is 1. The number of aromatic nitrogens is 2. The van der Waals surface area contributed by atoms with Gasteiger partial charge in [-0.2, -0.15) is 0 Å². The van der Waals surface area contributed by atoms with E-state index in [1.54, 1.807) is 18.5 Å². The molecule has 0 aliphatic carbocycles. The third-order valence-corrected chi connectivity index (χ3v) is 2.45. The smallest absolute Gasteiger partial charge is 0.0931 e. The molecule has 14 heavy (non-hydrogen) atoms. The second-order valence-electron chi connectivity index (χ2n) is 3.04. The van der Waals surface area contributed by atoms with E-state index in [0.29, 0.717) is 10.6 Å². The Hall–Kier alpha value is -1.10. The van der Waals surface area contributed by atoms with Crippen molar-refractivity contribution in [3.8, 4) is 0 Å². The molecule has 0 fully saturated rings. The second kappa shape index (κ2) is 3.57. The molecule has 2 aromatic rings. The summed E-state index contributed by atoms with van der Waals surface area (Å²) < 4.78 is 0. The first-order valence-corrected chi connectivity index (χ1v) is 4.61. The van der Waals surface area contributed by atoms with Gasteiger partial charge in [0, 0.05) is 17.1 Å². The molecular formula is C9H10ClN3O. The van der Waals surface area contributed by atoms with Gasteiger partial charge in [0.15, 0.2) is 0 Å². The monoisotopic (exact) mass is 211 g/mol. The number of fused-ring (bicyclic) bond motifs is 1. The molecule has 74 valence electrons.